The van der Waals surface area contributed by atoms with Gasteiger partial charge in [0.05, 0.1) is 6.54 Å². The third-order valence-corrected chi connectivity index (χ3v) is 5.40. The van der Waals surface area contributed by atoms with Crippen molar-refractivity contribution >= 4 is 5.84 Å². The third-order valence-electron chi connectivity index (χ3n) is 5.40. The van der Waals surface area contributed by atoms with Crippen molar-refractivity contribution in [1.29, 1.82) is 0 Å². The van der Waals surface area contributed by atoms with Gasteiger partial charge in [-0.1, -0.05) is 31.1 Å². The minimum Gasteiger partial charge on any atom is -0.381 e. The van der Waals surface area contributed by atoms with Crippen molar-refractivity contribution in [2.75, 3.05) is 13.1 Å². The number of aryl methyl sites for hydroxylation is 1. The molecule has 1 aromatic carbocycles. The summed E-state index contributed by atoms with van der Waals surface area (Å²) in [6, 6.07) is 5.15. The molecule has 1 spiro atoms. The van der Waals surface area contributed by atoms with Crippen LogP contribution in [0, 0.1) is 5.82 Å². The summed E-state index contributed by atoms with van der Waals surface area (Å²) >= 11 is 0. The first-order chi connectivity index (χ1) is 12.2. The van der Waals surface area contributed by atoms with Gasteiger partial charge in [0.2, 0.25) is 0 Å². The molecular weight excluding hydrogens is 315 g/mol. The van der Waals surface area contributed by atoms with Gasteiger partial charge in [-0.05, 0) is 68.7 Å². The Morgan fingerprint density at radius 3 is 2.84 bits per heavy atom. The number of fused-ring (bicyclic) bond motifs is 3. The second-order valence-corrected chi connectivity index (χ2v) is 6.85. The molecule has 4 rings (SSSR count). The molecule has 0 N–H and O–H groups in total. The van der Waals surface area contributed by atoms with Gasteiger partial charge in [0.15, 0.2) is 11.4 Å². The maximum atomic E-state index is 13.7. The van der Waals surface area contributed by atoms with Crippen LogP contribution >= 0.6 is 0 Å². The van der Waals surface area contributed by atoms with Crippen LogP contribution in [-0.4, -0.2) is 23.8 Å². The number of halogens is 1. The Balaban J connectivity index is 0.000000880. The highest BCUT2D eigenvalue weighted by molar-refractivity contribution is 5.98. The van der Waals surface area contributed by atoms with E-state index in [-0.39, 0.29) is 5.82 Å². The van der Waals surface area contributed by atoms with Crippen LogP contribution in [-0.2, 0) is 16.9 Å². The Kier molecular flexibility index (Phi) is 5.45. The molecule has 4 heteroatoms. The highest BCUT2D eigenvalue weighted by atomic mass is 19.1. The number of rotatable bonds is 0. The average molecular weight is 344 g/mol. The van der Waals surface area contributed by atoms with Crippen LogP contribution < -0.4 is 0 Å². The fourth-order valence-corrected chi connectivity index (χ4v) is 4.23. The predicted molar refractivity (Wildman–Crippen MR) is 100 cm³/mol. The van der Waals surface area contributed by atoms with Crippen molar-refractivity contribution in [3.05, 3.63) is 46.8 Å². The van der Waals surface area contributed by atoms with E-state index in [1.54, 1.807) is 12.1 Å². The number of allylic oxidation sites excluding steroid dienone is 1. The minimum absolute atomic E-state index is 0.157. The quantitative estimate of drug-likeness (QED) is 0.649. The van der Waals surface area contributed by atoms with Gasteiger partial charge in [0, 0.05) is 12.1 Å². The largest absolute Gasteiger partial charge is 0.381 e. The number of piperidine rings is 1. The molecule has 0 amide bonds. The third kappa shape index (κ3) is 3.31. The van der Waals surface area contributed by atoms with E-state index in [2.05, 4.69) is 23.1 Å². The first-order valence-electron chi connectivity index (χ1n) is 9.67. The fourth-order valence-electron chi connectivity index (χ4n) is 4.23. The molecule has 2 heterocycles. The summed E-state index contributed by atoms with van der Waals surface area (Å²) in [4.78, 5) is 8.50. The van der Waals surface area contributed by atoms with Crippen LogP contribution in [0.4, 0.5) is 4.39 Å². The average Bonchev–Trinajstić information content (AvgIpc) is 2.82. The Hall–Kier alpha value is -1.84. The van der Waals surface area contributed by atoms with E-state index in [9.17, 15) is 4.39 Å². The summed E-state index contributed by atoms with van der Waals surface area (Å²) in [5.41, 5.74) is 3.08. The Labute approximate surface area is 150 Å². The summed E-state index contributed by atoms with van der Waals surface area (Å²) < 4.78 is 13.7. The molecule has 0 bridgehead atoms. The van der Waals surface area contributed by atoms with Crippen LogP contribution in [0.1, 0.15) is 64.0 Å². The van der Waals surface area contributed by atoms with Gasteiger partial charge >= 0.3 is 0 Å². The van der Waals surface area contributed by atoms with Crippen LogP contribution in [0.5, 0.6) is 0 Å². The first kappa shape index (κ1) is 18.0. The van der Waals surface area contributed by atoms with Gasteiger partial charge < -0.3 is 9.74 Å². The smallest absolute Gasteiger partial charge is 0.180 e. The lowest BCUT2D eigenvalue weighted by Crippen LogP contribution is -2.51. The first-order valence-corrected chi connectivity index (χ1v) is 9.67. The molecule has 1 aromatic rings. The van der Waals surface area contributed by atoms with Gasteiger partial charge in [-0.2, -0.15) is 0 Å². The second-order valence-electron chi connectivity index (χ2n) is 6.85. The molecular formula is C21H29FN2O. The zero-order valence-electron chi connectivity index (χ0n) is 15.6. The molecule has 0 radical (unpaired) electrons. The number of amidine groups is 1. The number of nitrogens with zero attached hydrogens (tertiary/aromatic N) is 2. The van der Waals surface area contributed by atoms with Crippen molar-refractivity contribution in [3.8, 4) is 0 Å². The van der Waals surface area contributed by atoms with E-state index in [4.69, 9.17) is 4.84 Å². The van der Waals surface area contributed by atoms with E-state index in [0.717, 1.165) is 68.6 Å². The highest BCUT2D eigenvalue weighted by Gasteiger charge is 2.44. The van der Waals surface area contributed by atoms with E-state index in [1.165, 1.54) is 5.57 Å². The summed E-state index contributed by atoms with van der Waals surface area (Å²) in [5.74, 6) is 0.840. The van der Waals surface area contributed by atoms with Crippen LogP contribution in [0.15, 0.2) is 35.0 Å². The second kappa shape index (κ2) is 7.59. The SMILES string of the molecule is C/C=C1\CCCN2CC3(CCCCc4cc(F)ccc43)ON=C12.CC. The zero-order valence-corrected chi connectivity index (χ0v) is 15.6. The molecule has 0 aromatic heterocycles. The van der Waals surface area contributed by atoms with Gasteiger partial charge in [-0.15, -0.1) is 0 Å². The Morgan fingerprint density at radius 1 is 1.20 bits per heavy atom. The van der Waals surface area contributed by atoms with E-state index in [0.29, 0.717) is 0 Å². The minimum atomic E-state index is -0.417. The van der Waals surface area contributed by atoms with Crippen molar-refractivity contribution in [1.82, 2.24) is 4.90 Å². The standard InChI is InChI=1S/C19H23FN2O.C2H6/c1-2-14-7-5-11-22-13-19(23-21-18(14)22)10-4-3-6-15-12-16(20)8-9-17(15)19;1-2/h2,8-9,12H,3-7,10-11,13H2,1H3;1-2H3/b14-2+;. The molecule has 25 heavy (non-hydrogen) atoms. The van der Waals surface area contributed by atoms with E-state index in [1.807, 2.05) is 19.9 Å². The van der Waals surface area contributed by atoms with Crippen molar-refractivity contribution in [3.63, 3.8) is 0 Å². The van der Waals surface area contributed by atoms with Crippen molar-refractivity contribution in [2.24, 2.45) is 5.16 Å². The van der Waals surface area contributed by atoms with E-state index < -0.39 is 5.60 Å². The molecule has 1 saturated heterocycles. The molecule has 1 aliphatic carbocycles. The normalized spacial score (nSPS) is 26.6. The van der Waals surface area contributed by atoms with E-state index >= 15 is 0 Å². The lowest BCUT2D eigenvalue weighted by molar-refractivity contribution is -0.0855. The van der Waals surface area contributed by atoms with Crippen LogP contribution in [0.25, 0.3) is 0 Å². The molecule has 136 valence electrons. The molecule has 1 atom stereocenters. The lowest BCUT2D eigenvalue weighted by atomic mass is 9.86. The molecule has 3 nitrogen and oxygen atoms in total. The number of oxime groups is 1. The monoisotopic (exact) mass is 344 g/mol. The maximum absolute atomic E-state index is 13.7. The molecule has 0 saturated carbocycles. The summed E-state index contributed by atoms with van der Waals surface area (Å²) in [5, 5.41) is 4.52. The molecule has 1 unspecified atom stereocenters. The van der Waals surface area contributed by atoms with Gasteiger partial charge in [-0.3, -0.25) is 0 Å². The van der Waals surface area contributed by atoms with Gasteiger partial charge in [0.25, 0.3) is 0 Å². The number of hydrogen-bond acceptors (Lipinski definition) is 3. The molecule has 3 aliphatic rings. The predicted octanol–water partition coefficient (Wildman–Crippen LogP) is 5.16. The van der Waals surface area contributed by atoms with Crippen LogP contribution in [0.3, 0.4) is 0 Å². The molecule has 2 aliphatic heterocycles. The van der Waals surface area contributed by atoms with Gasteiger partial charge in [0.1, 0.15) is 5.82 Å². The topological polar surface area (TPSA) is 24.8 Å². The molecule has 1 fully saturated rings. The van der Waals surface area contributed by atoms with Crippen LogP contribution in [0.2, 0.25) is 0 Å². The van der Waals surface area contributed by atoms with Gasteiger partial charge in [-0.25, -0.2) is 4.39 Å². The number of benzene rings is 1. The Bertz CT molecular complexity index is 682. The Morgan fingerprint density at radius 2 is 2.04 bits per heavy atom. The fraction of sp³-hybridized carbons (Fsp3) is 0.571. The number of hydrogen-bond donors (Lipinski definition) is 0. The zero-order chi connectivity index (χ0) is 17.9. The summed E-state index contributed by atoms with van der Waals surface area (Å²) in [6.45, 7) is 7.91. The highest BCUT2D eigenvalue weighted by Crippen LogP contribution is 2.41. The maximum Gasteiger partial charge on any atom is 0.180 e. The summed E-state index contributed by atoms with van der Waals surface area (Å²) in [6.07, 6.45) is 8.42. The van der Waals surface area contributed by atoms with Crippen molar-refractivity contribution in [2.45, 2.75) is 64.9 Å². The lowest BCUT2D eigenvalue weighted by Gasteiger charge is -2.44. The van der Waals surface area contributed by atoms with Crippen molar-refractivity contribution < 1.29 is 9.23 Å². The summed E-state index contributed by atoms with van der Waals surface area (Å²) in [7, 11) is 0.